The molecule has 1 heterocycles. The molecule has 2 nitrogen and oxygen atoms in total. The lowest BCUT2D eigenvalue weighted by atomic mass is 9.95. The molecule has 3 heteroatoms. The van der Waals surface area contributed by atoms with E-state index in [0.717, 1.165) is 24.2 Å². The maximum Gasteiger partial charge on any atom is 0.310 e. The Morgan fingerprint density at radius 2 is 1.92 bits per heavy atom. The van der Waals surface area contributed by atoms with Gasteiger partial charge in [-0.05, 0) is 37.5 Å². The van der Waals surface area contributed by atoms with E-state index in [1.807, 2.05) is 24.3 Å². The molecule has 3 rings (SSSR count). The van der Waals surface area contributed by atoms with Crippen LogP contribution in [0, 0.1) is 12.8 Å². The quantitative estimate of drug-likeness (QED) is 0.482. The largest absolute Gasteiger partial charge is 0.447 e. The number of carbonyl (C=O) groups is 1. The van der Waals surface area contributed by atoms with E-state index in [0.29, 0.717) is 6.42 Å². The molecule has 25 heavy (non-hydrogen) atoms. The molecule has 1 saturated heterocycles. The van der Waals surface area contributed by atoms with Crippen molar-refractivity contribution in [2.75, 3.05) is 0 Å². The van der Waals surface area contributed by atoms with Gasteiger partial charge in [0.25, 0.3) is 0 Å². The van der Waals surface area contributed by atoms with E-state index in [9.17, 15) is 4.79 Å². The first-order chi connectivity index (χ1) is 12.1. The monoisotopic (exact) mass is 352 g/mol. The van der Waals surface area contributed by atoms with E-state index in [1.54, 1.807) is 11.8 Å². The highest BCUT2D eigenvalue weighted by Crippen LogP contribution is 2.47. The summed E-state index contributed by atoms with van der Waals surface area (Å²) in [4.78, 5) is 13.1. The van der Waals surface area contributed by atoms with E-state index in [-0.39, 0.29) is 11.9 Å². The number of rotatable bonds is 7. The molecule has 1 aliphatic rings. The molecule has 0 radical (unpaired) electrons. The van der Waals surface area contributed by atoms with Crippen LogP contribution in [0.25, 0.3) is 0 Å². The zero-order chi connectivity index (χ0) is 17.7. The van der Waals surface area contributed by atoms with Crippen molar-refractivity contribution >= 4 is 17.7 Å². The number of carbonyl (C=O) groups excluding carboxylic acids is 1. The first-order valence-electron chi connectivity index (χ1n) is 8.74. The minimum Gasteiger partial charge on any atom is -0.447 e. The number of thioether (sulfide) groups is 1. The SMILES string of the molecule is C=CC[C@@]1(Sc2ccc(C)cc2)C[C@@H](CCc2ccccc2)C(=O)O1. The van der Waals surface area contributed by atoms with Crippen LogP contribution in [0.15, 0.2) is 72.1 Å². The summed E-state index contributed by atoms with van der Waals surface area (Å²) in [6, 6.07) is 18.7. The number of cyclic esters (lactones) is 1. The van der Waals surface area contributed by atoms with E-state index >= 15 is 0 Å². The zero-order valence-corrected chi connectivity index (χ0v) is 15.4. The van der Waals surface area contributed by atoms with Gasteiger partial charge < -0.3 is 4.74 Å². The van der Waals surface area contributed by atoms with Crippen molar-refractivity contribution in [3.05, 3.63) is 78.4 Å². The second kappa shape index (κ2) is 7.92. The Kier molecular flexibility index (Phi) is 5.64. The Morgan fingerprint density at radius 3 is 2.60 bits per heavy atom. The lowest BCUT2D eigenvalue weighted by Crippen LogP contribution is -2.23. The second-order valence-corrected chi connectivity index (χ2v) is 8.08. The number of hydrogen-bond acceptors (Lipinski definition) is 3. The maximum absolute atomic E-state index is 12.5. The first-order valence-corrected chi connectivity index (χ1v) is 9.55. The summed E-state index contributed by atoms with van der Waals surface area (Å²) >= 11 is 1.65. The highest BCUT2D eigenvalue weighted by Gasteiger charge is 2.46. The fourth-order valence-corrected chi connectivity index (χ4v) is 4.55. The van der Waals surface area contributed by atoms with Gasteiger partial charge in [-0.2, -0.15) is 0 Å². The number of aryl methyl sites for hydroxylation is 2. The van der Waals surface area contributed by atoms with Crippen molar-refractivity contribution in [3.63, 3.8) is 0 Å². The molecule has 0 aliphatic carbocycles. The number of ether oxygens (including phenoxy) is 1. The van der Waals surface area contributed by atoms with Crippen molar-refractivity contribution in [1.82, 2.24) is 0 Å². The normalized spacial score (nSPS) is 22.6. The van der Waals surface area contributed by atoms with Gasteiger partial charge in [0.05, 0.1) is 5.92 Å². The summed E-state index contributed by atoms with van der Waals surface area (Å²) in [5.74, 6) is -0.115. The summed E-state index contributed by atoms with van der Waals surface area (Å²) in [5.41, 5.74) is 2.49. The Morgan fingerprint density at radius 1 is 1.20 bits per heavy atom. The molecule has 0 N–H and O–H groups in total. The third kappa shape index (κ3) is 4.55. The van der Waals surface area contributed by atoms with Gasteiger partial charge in [-0.1, -0.05) is 65.9 Å². The maximum atomic E-state index is 12.5. The summed E-state index contributed by atoms with van der Waals surface area (Å²) in [6.07, 6.45) is 4.99. The lowest BCUT2D eigenvalue weighted by Gasteiger charge is -2.25. The van der Waals surface area contributed by atoms with Crippen LogP contribution >= 0.6 is 11.8 Å². The Bertz CT molecular complexity index is 723. The molecular formula is C22H24O2S. The molecular weight excluding hydrogens is 328 g/mol. The molecule has 0 saturated carbocycles. The zero-order valence-electron chi connectivity index (χ0n) is 14.6. The average Bonchev–Trinajstić information content (AvgIpc) is 2.92. The number of hydrogen-bond donors (Lipinski definition) is 0. The second-order valence-electron chi connectivity index (χ2n) is 6.67. The van der Waals surface area contributed by atoms with E-state index in [4.69, 9.17) is 4.74 Å². The van der Waals surface area contributed by atoms with Crippen LogP contribution in [0.5, 0.6) is 0 Å². The van der Waals surface area contributed by atoms with Crippen molar-refractivity contribution in [2.45, 2.75) is 42.4 Å². The smallest absolute Gasteiger partial charge is 0.310 e. The van der Waals surface area contributed by atoms with Gasteiger partial charge in [0.15, 0.2) is 4.93 Å². The summed E-state index contributed by atoms with van der Waals surface area (Å²) in [7, 11) is 0. The van der Waals surface area contributed by atoms with Crippen LogP contribution in [-0.4, -0.2) is 10.9 Å². The lowest BCUT2D eigenvalue weighted by molar-refractivity contribution is -0.145. The van der Waals surface area contributed by atoms with Crippen LogP contribution in [-0.2, 0) is 16.0 Å². The predicted octanol–water partition coefficient (Wildman–Crippen LogP) is 5.56. The standard InChI is InChI=1S/C22H24O2S/c1-3-15-22(25-20-13-9-17(2)10-14-20)16-19(21(23)24-22)12-11-18-7-5-4-6-8-18/h3-10,13-14,19H,1,11-12,15-16H2,2H3/t19-,22-/m1/s1. The highest BCUT2D eigenvalue weighted by atomic mass is 32.2. The van der Waals surface area contributed by atoms with Crippen LogP contribution in [0.4, 0.5) is 0 Å². The molecule has 1 aliphatic heterocycles. The van der Waals surface area contributed by atoms with Gasteiger partial charge in [0.1, 0.15) is 0 Å². The molecule has 2 atom stereocenters. The van der Waals surface area contributed by atoms with Crippen molar-refractivity contribution in [1.29, 1.82) is 0 Å². The van der Waals surface area contributed by atoms with Crippen LogP contribution < -0.4 is 0 Å². The molecule has 1 fully saturated rings. The van der Waals surface area contributed by atoms with Gasteiger partial charge >= 0.3 is 5.97 Å². The Labute approximate surface area is 154 Å². The van der Waals surface area contributed by atoms with Crippen LogP contribution in [0.2, 0.25) is 0 Å². The Balaban J connectivity index is 1.69. The van der Waals surface area contributed by atoms with E-state index in [2.05, 4.69) is 49.9 Å². The van der Waals surface area contributed by atoms with Crippen molar-refractivity contribution in [3.8, 4) is 0 Å². The van der Waals surface area contributed by atoms with E-state index < -0.39 is 4.93 Å². The van der Waals surface area contributed by atoms with Gasteiger partial charge in [-0.3, -0.25) is 4.79 Å². The van der Waals surface area contributed by atoms with Gasteiger partial charge in [0, 0.05) is 17.7 Å². The molecule has 0 amide bonds. The van der Waals surface area contributed by atoms with Gasteiger partial charge in [0.2, 0.25) is 0 Å². The van der Waals surface area contributed by atoms with Crippen molar-refractivity contribution < 1.29 is 9.53 Å². The molecule has 0 unspecified atom stereocenters. The molecule has 0 aromatic heterocycles. The Hall–Kier alpha value is -2.00. The van der Waals surface area contributed by atoms with Gasteiger partial charge in [-0.15, -0.1) is 6.58 Å². The molecule has 0 spiro atoms. The molecule has 2 aromatic carbocycles. The average molecular weight is 352 g/mol. The highest BCUT2D eigenvalue weighted by molar-refractivity contribution is 8.00. The minimum absolute atomic E-state index is 0.0434. The van der Waals surface area contributed by atoms with Crippen LogP contribution in [0.1, 0.15) is 30.4 Å². The third-order valence-corrected chi connectivity index (χ3v) is 5.88. The molecule has 0 bridgehead atoms. The first kappa shape index (κ1) is 17.8. The predicted molar refractivity (Wildman–Crippen MR) is 104 cm³/mol. The number of benzene rings is 2. The van der Waals surface area contributed by atoms with Crippen molar-refractivity contribution in [2.24, 2.45) is 5.92 Å². The topological polar surface area (TPSA) is 26.3 Å². The summed E-state index contributed by atoms with van der Waals surface area (Å²) in [6.45, 7) is 5.94. The molecule has 130 valence electrons. The minimum atomic E-state index is -0.518. The fourth-order valence-electron chi connectivity index (χ4n) is 3.24. The van der Waals surface area contributed by atoms with E-state index in [1.165, 1.54) is 11.1 Å². The number of esters is 1. The third-order valence-electron chi connectivity index (χ3n) is 4.58. The summed E-state index contributed by atoms with van der Waals surface area (Å²) in [5, 5.41) is 0. The van der Waals surface area contributed by atoms with Crippen LogP contribution in [0.3, 0.4) is 0 Å². The fraction of sp³-hybridized carbons (Fsp3) is 0.318. The van der Waals surface area contributed by atoms with Gasteiger partial charge in [-0.25, -0.2) is 0 Å². The molecule has 2 aromatic rings. The summed E-state index contributed by atoms with van der Waals surface area (Å²) < 4.78 is 5.88.